The van der Waals surface area contributed by atoms with Crippen LogP contribution in [0, 0.1) is 0 Å². The predicted octanol–water partition coefficient (Wildman–Crippen LogP) is 3.73. The Balaban J connectivity index is 1.25. The van der Waals surface area contributed by atoms with Crippen LogP contribution in [0.1, 0.15) is 41.6 Å². The highest BCUT2D eigenvalue weighted by atomic mass is 35.5. The minimum atomic E-state index is -0.324. The predicted molar refractivity (Wildman–Crippen MR) is 114 cm³/mol. The van der Waals surface area contributed by atoms with Gasteiger partial charge in [-0.3, -0.25) is 4.79 Å². The van der Waals surface area contributed by atoms with E-state index in [9.17, 15) is 4.79 Å². The molecule has 2 aliphatic heterocycles. The first kappa shape index (κ1) is 18.7. The van der Waals surface area contributed by atoms with Crippen LogP contribution in [-0.4, -0.2) is 42.9 Å². The fourth-order valence-corrected chi connectivity index (χ4v) is 4.68. The number of hydrazine groups is 1. The quantitative estimate of drug-likeness (QED) is 0.489. The Kier molecular flexibility index (Phi) is 4.38. The second kappa shape index (κ2) is 7.26. The highest BCUT2D eigenvalue weighted by molar-refractivity contribution is 6.31. The van der Waals surface area contributed by atoms with Crippen molar-refractivity contribution in [3.8, 4) is 5.69 Å². The molecule has 2 saturated heterocycles. The number of nitrogens with zero attached hydrogens (tertiary/aromatic N) is 5. The number of carbonyl (C=O) groups excluding carboxylic acids is 1. The van der Waals surface area contributed by atoms with Crippen LogP contribution in [-0.2, 0) is 0 Å². The fourth-order valence-electron chi connectivity index (χ4n) is 4.51. The summed E-state index contributed by atoms with van der Waals surface area (Å²) < 4.78 is 5.97. The number of para-hydroxylation sites is 1. The van der Waals surface area contributed by atoms with Crippen molar-refractivity contribution in [3.05, 3.63) is 71.3 Å². The molecule has 0 spiro atoms. The lowest BCUT2D eigenvalue weighted by Crippen LogP contribution is -2.64. The highest BCUT2D eigenvalue weighted by Crippen LogP contribution is 2.42. The Morgan fingerprint density at radius 2 is 1.97 bits per heavy atom. The van der Waals surface area contributed by atoms with Crippen LogP contribution >= 0.6 is 11.6 Å². The number of hydrogen-bond donors (Lipinski definition) is 1. The molecule has 4 aromatic rings. The molecule has 2 aliphatic rings. The van der Waals surface area contributed by atoms with Crippen molar-refractivity contribution in [3.63, 3.8) is 0 Å². The average molecular weight is 435 g/mol. The molecule has 9 heteroatoms. The van der Waals surface area contributed by atoms with Crippen LogP contribution < -0.4 is 5.43 Å². The molecule has 3 atom stereocenters. The van der Waals surface area contributed by atoms with Crippen LogP contribution in [0.3, 0.4) is 0 Å². The van der Waals surface area contributed by atoms with Crippen LogP contribution in [0.5, 0.6) is 0 Å². The molecule has 0 bridgehead atoms. The van der Waals surface area contributed by atoms with Crippen molar-refractivity contribution in [1.29, 1.82) is 0 Å². The van der Waals surface area contributed by atoms with E-state index in [2.05, 4.69) is 25.6 Å². The molecule has 0 saturated carbocycles. The van der Waals surface area contributed by atoms with Gasteiger partial charge in [0.05, 0.1) is 24.1 Å². The molecule has 2 unspecified atom stereocenters. The third-order valence-corrected chi connectivity index (χ3v) is 6.32. The Hall–Kier alpha value is -3.07. The van der Waals surface area contributed by atoms with Crippen LogP contribution in [0.25, 0.3) is 16.8 Å². The van der Waals surface area contributed by atoms with E-state index in [0.29, 0.717) is 33.8 Å². The number of fused-ring (bicyclic) bond motifs is 2. The van der Waals surface area contributed by atoms with E-state index in [-0.39, 0.29) is 17.9 Å². The lowest BCUT2D eigenvalue weighted by atomic mass is 9.86. The van der Waals surface area contributed by atoms with Crippen molar-refractivity contribution in [1.82, 2.24) is 30.4 Å². The summed E-state index contributed by atoms with van der Waals surface area (Å²) in [6, 6.07) is 12.9. The molecule has 6 rings (SSSR count). The van der Waals surface area contributed by atoms with Gasteiger partial charge in [-0.05, 0) is 49.6 Å². The number of Topliss-reactive ketones (excluding diaryl/α,β-unsaturated/α-hetero) is 1. The zero-order chi connectivity index (χ0) is 20.9. The minimum Gasteiger partial charge on any atom is -0.439 e. The van der Waals surface area contributed by atoms with Gasteiger partial charge < -0.3 is 4.42 Å². The van der Waals surface area contributed by atoms with E-state index >= 15 is 0 Å². The number of rotatable bonds is 4. The van der Waals surface area contributed by atoms with Crippen LogP contribution in [0.2, 0.25) is 5.02 Å². The van der Waals surface area contributed by atoms with Crippen molar-refractivity contribution in [2.24, 2.45) is 0 Å². The summed E-state index contributed by atoms with van der Waals surface area (Å²) in [6.45, 7) is 0. The molecule has 31 heavy (non-hydrogen) atoms. The van der Waals surface area contributed by atoms with E-state index in [1.54, 1.807) is 24.5 Å². The molecular formula is C22H19ClN6O2. The smallest absolute Gasteiger partial charge is 0.214 e. The lowest BCUT2D eigenvalue weighted by Gasteiger charge is -2.51. The lowest BCUT2D eigenvalue weighted by molar-refractivity contribution is -0.0843. The number of carbonyl (C=O) groups is 1. The molecule has 0 aliphatic carbocycles. The zero-order valence-electron chi connectivity index (χ0n) is 16.5. The SMILES string of the molecule is O=C(c1ccccc1-n1nccn1)C1CC[C@H]2CC(c3nc4cc(Cl)ccc4o3)N2N1. The Morgan fingerprint density at radius 3 is 2.84 bits per heavy atom. The molecule has 2 fully saturated rings. The second-order valence-corrected chi connectivity index (χ2v) is 8.37. The van der Waals surface area contributed by atoms with E-state index in [1.165, 1.54) is 4.80 Å². The van der Waals surface area contributed by atoms with E-state index in [1.807, 2.05) is 30.3 Å². The van der Waals surface area contributed by atoms with Crippen LogP contribution in [0.15, 0.2) is 59.3 Å². The van der Waals surface area contributed by atoms with Gasteiger partial charge in [0.15, 0.2) is 11.4 Å². The molecule has 2 aromatic heterocycles. The topological polar surface area (TPSA) is 89.1 Å². The number of ketones is 1. The van der Waals surface area contributed by atoms with Gasteiger partial charge in [0.25, 0.3) is 0 Å². The first-order chi connectivity index (χ1) is 15.2. The molecule has 8 nitrogen and oxygen atoms in total. The molecule has 156 valence electrons. The average Bonchev–Trinajstić information content (AvgIpc) is 3.44. The number of halogens is 1. The molecule has 0 amide bonds. The summed E-state index contributed by atoms with van der Waals surface area (Å²) in [4.78, 5) is 19.5. The summed E-state index contributed by atoms with van der Waals surface area (Å²) in [5.74, 6) is 0.677. The molecular weight excluding hydrogens is 416 g/mol. The van der Waals surface area contributed by atoms with E-state index < -0.39 is 0 Å². The van der Waals surface area contributed by atoms with Gasteiger partial charge in [-0.1, -0.05) is 23.7 Å². The van der Waals surface area contributed by atoms with Gasteiger partial charge in [-0.25, -0.2) is 15.4 Å². The Morgan fingerprint density at radius 1 is 1.13 bits per heavy atom. The molecule has 2 aromatic carbocycles. The van der Waals surface area contributed by atoms with Gasteiger partial charge in [0, 0.05) is 16.6 Å². The summed E-state index contributed by atoms with van der Waals surface area (Å²) >= 11 is 6.08. The van der Waals surface area contributed by atoms with Gasteiger partial charge in [0.2, 0.25) is 5.89 Å². The number of oxazole rings is 1. The Bertz CT molecular complexity index is 1270. The molecule has 0 radical (unpaired) electrons. The third kappa shape index (κ3) is 3.15. The standard InChI is InChI=1S/C22H19ClN6O2/c23-13-5-8-20-17(11-13)26-22(31-20)19-12-14-6-7-16(27-28(14)19)21(30)15-3-1-2-4-18(15)29-24-9-10-25-29/h1-5,8-11,14,16,19,27H,6-7,12H2/t14-,16?,19?/m0/s1. The third-order valence-electron chi connectivity index (χ3n) is 6.09. The number of nitrogens with one attached hydrogen (secondary N) is 1. The number of benzene rings is 2. The second-order valence-electron chi connectivity index (χ2n) is 7.94. The highest BCUT2D eigenvalue weighted by Gasteiger charge is 2.47. The number of aromatic nitrogens is 4. The normalized spacial score (nSPS) is 23.5. The molecule has 4 heterocycles. The Labute approximate surface area is 182 Å². The maximum absolute atomic E-state index is 13.4. The first-order valence-electron chi connectivity index (χ1n) is 10.3. The van der Waals surface area contributed by atoms with E-state index in [4.69, 9.17) is 16.0 Å². The maximum Gasteiger partial charge on any atom is 0.214 e. The summed E-state index contributed by atoms with van der Waals surface area (Å²) in [6.07, 6.45) is 5.86. The van der Waals surface area contributed by atoms with Gasteiger partial charge in [-0.2, -0.15) is 15.0 Å². The van der Waals surface area contributed by atoms with Crippen molar-refractivity contribution < 1.29 is 9.21 Å². The van der Waals surface area contributed by atoms with Crippen molar-refractivity contribution in [2.45, 2.75) is 37.4 Å². The van der Waals surface area contributed by atoms with Crippen molar-refractivity contribution >= 4 is 28.5 Å². The first-order valence-corrected chi connectivity index (χ1v) is 10.7. The number of hydrogen-bond acceptors (Lipinski definition) is 7. The van der Waals surface area contributed by atoms with Crippen LogP contribution in [0.4, 0.5) is 0 Å². The van der Waals surface area contributed by atoms with Gasteiger partial charge in [0.1, 0.15) is 11.6 Å². The summed E-state index contributed by atoms with van der Waals surface area (Å²) in [5.41, 5.74) is 6.18. The largest absolute Gasteiger partial charge is 0.439 e. The molecule has 1 N–H and O–H groups in total. The summed E-state index contributed by atoms with van der Waals surface area (Å²) in [7, 11) is 0. The fraction of sp³-hybridized carbons (Fsp3) is 0.273. The minimum absolute atomic E-state index is 0.00481. The monoisotopic (exact) mass is 434 g/mol. The van der Waals surface area contributed by atoms with Gasteiger partial charge in [-0.15, -0.1) is 0 Å². The van der Waals surface area contributed by atoms with Crippen molar-refractivity contribution in [2.75, 3.05) is 0 Å². The zero-order valence-corrected chi connectivity index (χ0v) is 17.2. The summed E-state index contributed by atoms with van der Waals surface area (Å²) in [5, 5.41) is 11.1. The maximum atomic E-state index is 13.4. The van der Waals surface area contributed by atoms with Gasteiger partial charge >= 0.3 is 0 Å². The van der Waals surface area contributed by atoms with E-state index in [0.717, 1.165) is 24.8 Å².